The molecule has 12 rings (SSSR count). The average molecular weight is 722 g/mol. The molecule has 0 bridgehead atoms. The number of rotatable bonds is 5. The first kappa shape index (κ1) is 31.8. The Morgan fingerprint density at radius 3 is 1.42 bits per heavy atom. The maximum absolute atomic E-state index is 2.52. The molecule has 1 nitrogen and oxygen atoms in total. The van der Waals surface area contributed by atoms with Crippen molar-refractivity contribution in [1.82, 2.24) is 0 Å². The average Bonchev–Trinajstić information content (AvgIpc) is 3.29. The maximum Gasteiger partial charge on any atom is 0.0624 e. The number of hydrogen-bond donors (Lipinski definition) is 0. The van der Waals surface area contributed by atoms with Crippen molar-refractivity contribution >= 4 is 70.9 Å². The third kappa shape index (κ3) is 4.96. The molecular weight excluding hydrogens is 687 g/mol. The lowest BCUT2D eigenvalue weighted by Gasteiger charge is -2.35. The first-order valence-electron chi connectivity index (χ1n) is 19.8. The minimum atomic E-state index is 1.12. The smallest absolute Gasteiger partial charge is 0.0624 e. The van der Waals surface area contributed by atoms with Gasteiger partial charge in [0.05, 0.1) is 5.69 Å². The lowest BCUT2D eigenvalue weighted by Crippen LogP contribution is -2.15. The van der Waals surface area contributed by atoms with E-state index in [0.717, 1.165) is 11.4 Å². The number of benzene rings is 11. The quantitative estimate of drug-likeness (QED) is 0.160. The number of hydrogen-bond acceptors (Lipinski definition) is 1. The van der Waals surface area contributed by atoms with Crippen LogP contribution >= 0.6 is 0 Å². The van der Waals surface area contributed by atoms with Gasteiger partial charge in [-0.15, -0.1) is 0 Å². The van der Waals surface area contributed by atoms with Crippen molar-refractivity contribution in [2.45, 2.75) is 0 Å². The highest BCUT2D eigenvalue weighted by molar-refractivity contribution is 6.26. The Hall–Kier alpha value is -7.48. The molecule has 0 saturated heterocycles. The molecule has 0 unspecified atom stereocenters. The molecule has 0 radical (unpaired) electrons. The van der Waals surface area contributed by atoms with Crippen molar-refractivity contribution < 1.29 is 0 Å². The van der Waals surface area contributed by atoms with Gasteiger partial charge in [0, 0.05) is 22.3 Å². The highest BCUT2D eigenvalue weighted by atomic mass is 15.1. The van der Waals surface area contributed by atoms with E-state index in [9.17, 15) is 0 Å². The molecule has 11 aromatic carbocycles. The van der Waals surface area contributed by atoms with Gasteiger partial charge in [0.15, 0.2) is 0 Å². The topological polar surface area (TPSA) is 3.24 Å². The van der Waals surface area contributed by atoms with Crippen LogP contribution in [0.2, 0.25) is 0 Å². The monoisotopic (exact) mass is 721 g/mol. The zero-order valence-electron chi connectivity index (χ0n) is 31.2. The predicted molar refractivity (Wildman–Crippen MR) is 244 cm³/mol. The fraction of sp³-hybridized carbons (Fsp3) is 0. The van der Waals surface area contributed by atoms with Crippen LogP contribution in [0, 0.1) is 0 Å². The summed E-state index contributed by atoms with van der Waals surface area (Å²) in [5.74, 6) is 0. The molecule has 57 heavy (non-hydrogen) atoms. The van der Waals surface area contributed by atoms with Crippen LogP contribution in [-0.4, -0.2) is 0 Å². The van der Waals surface area contributed by atoms with Crippen LogP contribution < -0.4 is 4.90 Å². The first-order chi connectivity index (χ1) is 28.3. The van der Waals surface area contributed by atoms with Crippen LogP contribution in [0.15, 0.2) is 212 Å². The van der Waals surface area contributed by atoms with Crippen LogP contribution in [-0.2, 0) is 0 Å². The van der Waals surface area contributed by atoms with E-state index in [0.29, 0.717) is 0 Å². The van der Waals surface area contributed by atoms with Gasteiger partial charge in [-0.1, -0.05) is 164 Å². The number of anilines is 3. The Kier molecular flexibility index (Phi) is 7.00. The largest absolute Gasteiger partial charge is 0.309 e. The fourth-order valence-corrected chi connectivity index (χ4v) is 9.40. The lowest BCUT2D eigenvalue weighted by molar-refractivity contribution is 1.30. The predicted octanol–water partition coefficient (Wildman–Crippen LogP) is 15.9. The van der Waals surface area contributed by atoms with E-state index in [-0.39, 0.29) is 0 Å². The minimum absolute atomic E-state index is 1.12. The summed E-state index contributed by atoms with van der Waals surface area (Å²) >= 11 is 0. The molecule has 0 saturated carbocycles. The van der Waals surface area contributed by atoms with Gasteiger partial charge in [0.2, 0.25) is 0 Å². The molecule has 11 aromatic rings. The fourth-order valence-electron chi connectivity index (χ4n) is 9.40. The molecule has 0 spiro atoms. The Morgan fingerprint density at radius 2 is 0.737 bits per heavy atom. The van der Waals surface area contributed by atoms with Crippen molar-refractivity contribution in [3.63, 3.8) is 0 Å². The van der Waals surface area contributed by atoms with Gasteiger partial charge >= 0.3 is 0 Å². The van der Waals surface area contributed by atoms with Crippen LogP contribution in [0.4, 0.5) is 17.1 Å². The normalized spacial score (nSPS) is 11.9. The highest BCUT2D eigenvalue weighted by Gasteiger charge is 2.32. The van der Waals surface area contributed by atoms with Gasteiger partial charge in [-0.2, -0.15) is 0 Å². The van der Waals surface area contributed by atoms with Crippen molar-refractivity contribution in [3.8, 4) is 44.5 Å². The summed E-state index contributed by atoms with van der Waals surface area (Å²) in [6, 6.07) is 78.3. The zero-order chi connectivity index (χ0) is 37.5. The van der Waals surface area contributed by atoms with Crippen molar-refractivity contribution in [3.05, 3.63) is 212 Å². The van der Waals surface area contributed by atoms with E-state index in [1.165, 1.54) is 104 Å². The summed E-state index contributed by atoms with van der Waals surface area (Å²) < 4.78 is 0. The number of fused-ring (bicyclic) bond motifs is 12. The molecule has 0 fully saturated rings. The van der Waals surface area contributed by atoms with Gasteiger partial charge < -0.3 is 4.90 Å². The van der Waals surface area contributed by atoms with E-state index >= 15 is 0 Å². The van der Waals surface area contributed by atoms with E-state index in [4.69, 9.17) is 0 Å². The van der Waals surface area contributed by atoms with Crippen molar-refractivity contribution in [2.24, 2.45) is 0 Å². The molecule has 0 heterocycles. The minimum Gasteiger partial charge on any atom is -0.309 e. The van der Waals surface area contributed by atoms with Gasteiger partial charge in [0.25, 0.3) is 0 Å². The molecule has 0 atom stereocenters. The summed E-state index contributed by atoms with van der Waals surface area (Å²) in [7, 11) is 0. The third-order valence-electron chi connectivity index (χ3n) is 12.1. The zero-order valence-corrected chi connectivity index (χ0v) is 31.2. The Labute approximate surface area is 331 Å². The van der Waals surface area contributed by atoms with Crippen LogP contribution in [0.5, 0.6) is 0 Å². The summed E-state index contributed by atoms with van der Waals surface area (Å²) in [6.45, 7) is 0. The van der Waals surface area contributed by atoms with E-state index < -0.39 is 0 Å². The molecule has 0 aromatic heterocycles. The lowest BCUT2D eigenvalue weighted by atomic mass is 9.76. The van der Waals surface area contributed by atoms with E-state index in [2.05, 4.69) is 217 Å². The molecular formula is C56H35N. The second-order valence-electron chi connectivity index (χ2n) is 15.3. The molecule has 0 N–H and O–H groups in total. The molecule has 0 aliphatic heterocycles. The second-order valence-corrected chi connectivity index (χ2v) is 15.3. The third-order valence-corrected chi connectivity index (χ3v) is 12.1. The molecule has 264 valence electrons. The van der Waals surface area contributed by atoms with E-state index in [1.807, 2.05) is 0 Å². The summed E-state index contributed by atoms with van der Waals surface area (Å²) in [5.41, 5.74) is 13.6. The molecule has 1 heteroatoms. The van der Waals surface area contributed by atoms with Crippen LogP contribution in [0.25, 0.3) is 98.4 Å². The summed E-state index contributed by atoms with van der Waals surface area (Å²) in [4.78, 5) is 2.52. The van der Waals surface area contributed by atoms with Crippen LogP contribution in [0.1, 0.15) is 0 Å². The maximum atomic E-state index is 2.52. The Balaban J connectivity index is 1.13. The second kappa shape index (κ2) is 12.5. The highest BCUT2D eigenvalue weighted by Crippen LogP contribution is 2.58. The van der Waals surface area contributed by atoms with Gasteiger partial charge in [-0.25, -0.2) is 0 Å². The van der Waals surface area contributed by atoms with Gasteiger partial charge in [-0.3, -0.25) is 0 Å². The summed E-state index contributed by atoms with van der Waals surface area (Å²) in [6.07, 6.45) is 0. The number of nitrogens with zero attached hydrogens (tertiary/aromatic N) is 1. The summed E-state index contributed by atoms with van der Waals surface area (Å²) in [5, 5.41) is 12.6. The van der Waals surface area contributed by atoms with Gasteiger partial charge in [0.1, 0.15) is 0 Å². The molecule has 0 amide bonds. The van der Waals surface area contributed by atoms with Crippen molar-refractivity contribution in [1.29, 1.82) is 0 Å². The molecule has 1 aliphatic carbocycles. The standard InChI is InChI=1S/C56H35N/c1-3-13-36(14-4-1)38-25-27-43(28-26-38)57(44-29-30-50-48-21-10-9-19-46(48)47-20-11-12-22-49(47)52(50)35-44)56-45-18-8-7-17-41(45)33-53-51-32-40-24-23-39(37-15-5-2-6-16-37)31-42(40)34-54(51)55(53)56/h1-35H. The SMILES string of the molecule is c1ccc(-c2ccc(N(c3ccc4c5ccccc5c5ccccc5c4c3)c3c4c(cc5ccccc35)-c3cc5ccc(-c6ccccc6)cc5cc3-4)cc2)cc1. The first-order valence-corrected chi connectivity index (χ1v) is 19.8. The Bertz CT molecular complexity index is 3350. The van der Waals surface area contributed by atoms with Crippen LogP contribution in [0.3, 0.4) is 0 Å². The Morgan fingerprint density at radius 1 is 0.246 bits per heavy atom. The van der Waals surface area contributed by atoms with Gasteiger partial charge in [-0.05, 0) is 136 Å². The van der Waals surface area contributed by atoms with E-state index in [1.54, 1.807) is 0 Å². The molecule has 1 aliphatic rings. The van der Waals surface area contributed by atoms with Crippen molar-refractivity contribution in [2.75, 3.05) is 4.90 Å².